The van der Waals surface area contributed by atoms with Gasteiger partial charge in [-0.05, 0) is 50.6 Å². The summed E-state index contributed by atoms with van der Waals surface area (Å²) in [6.07, 6.45) is -1.19. The smallest absolute Gasteiger partial charge is 0.406 e. The lowest BCUT2D eigenvalue weighted by atomic mass is 10.2. The molecule has 0 aliphatic heterocycles. The summed E-state index contributed by atoms with van der Waals surface area (Å²) in [6, 6.07) is 7.01. The minimum absolute atomic E-state index is 0.305. The van der Waals surface area contributed by atoms with Gasteiger partial charge in [-0.1, -0.05) is 12.5 Å². The van der Waals surface area contributed by atoms with E-state index in [4.69, 9.17) is 0 Å². The largest absolute Gasteiger partial charge is 0.573 e. The number of nitrogens with zero attached hydrogens (tertiary/aromatic N) is 1. The molecule has 0 aliphatic rings. The highest BCUT2D eigenvalue weighted by molar-refractivity contribution is 7.18. The number of ether oxygens (including phenoxy) is 1. The van der Waals surface area contributed by atoms with Crippen molar-refractivity contribution in [2.45, 2.75) is 33.6 Å². The van der Waals surface area contributed by atoms with Crippen LogP contribution >= 0.6 is 11.3 Å². The van der Waals surface area contributed by atoms with Crippen LogP contribution in [0.15, 0.2) is 47.1 Å². The van der Waals surface area contributed by atoms with Crippen LogP contribution in [-0.4, -0.2) is 18.4 Å². The number of thiophene rings is 1. The van der Waals surface area contributed by atoms with Crippen LogP contribution in [-0.2, 0) is 0 Å². The van der Waals surface area contributed by atoms with E-state index in [2.05, 4.69) is 15.0 Å². The van der Waals surface area contributed by atoms with E-state index >= 15 is 0 Å². The Hall–Kier alpha value is -2.61. The molecule has 2 aromatic rings. The summed E-state index contributed by atoms with van der Waals surface area (Å²) in [7, 11) is 0. The van der Waals surface area contributed by atoms with E-state index in [0.29, 0.717) is 16.3 Å². The molecule has 0 amide bonds. The lowest BCUT2D eigenvalue weighted by molar-refractivity contribution is -0.274. The standard InChI is InChI=1S/C19H19F3N2O2S/c1-4-12(2)10-23-18-17(9-16(11-25)27-18)13(3)24-14-5-7-15(8-6-14)26-19(20,21)22/h5-11,23H,4H2,1-3H3/b12-10+,24-13?. The average molecular weight is 396 g/mol. The summed E-state index contributed by atoms with van der Waals surface area (Å²) in [5, 5.41) is 3.97. The fourth-order valence-corrected chi connectivity index (χ4v) is 3.01. The number of hydrogen-bond donors (Lipinski definition) is 1. The zero-order valence-electron chi connectivity index (χ0n) is 15.1. The zero-order valence-corrected chi connectivity index (χ0v) is 15.9. The highest BCUT2D eigenvalue weighted by Crippen LogP contribution is 2.30. The number of aldehydes is 1. The van der Waals surface area contributed by atoms with E-state index in [1.165, 1.54) is 35.6 Å². The molecule has 0 unspecified atom stereocenters. The fraction of sp³-hybridized carbons (Fsp3) is 0.263. The van der Waals surface area contributed by atoms with Gasteiger partial charge >= 0.3 is 6.36 Å². The van der Waals surface area contributed by atoms with Gasteiger partial charge in [0.1, 0.15) is 10.8 Å². The zero-order chi connectivity index (χ0) is 20.0. The van der Waals surface area contributed by atoms with Crippen molar-refractivity contribution >= 4 is 34.0 Å². The van der Waals surface area contributed by atoms with E-state index in [0.717, 1.165) is 28.8 Å². The quantitative estimate of drug-likeness (QED) is 0.440. The van der Waals surface area contributed by atoms with Gasteiger partial charge in [-0.2, -0.15) is 0 Å². The first kappa shape index (κ1) is 20.7. The fourth-order valence-electron chi connectivity index (χ4n) is 2.11. The Bertz CT molecular complexity index is 853. The SMILES string of the molecule is CC/C(C)=C/Nc1sc(C=O)cc1C(C)=Nc1ccc(OC(F)(F)F)cc1. The molecule has 2 rings (SSSR count). The highest BCUT2D eigenvalue weighted by atomic mass is 32.1. The molecule has 0 spiro atoms. The van der Waals surface area contributed by atoms with Gasteiger partial charge in [-0.3, -0.25) is 9.79 Å². The first-order valence-corrected chi connectivity index (χ1v) is 8.96. The van der Waals surface area contributed by atoms with E-state index in [9.17, 15) is 18.0 Å². The van der Waals surface area contributed by atoms with Gasteiger partial charge in [-0.25, -0.2) is 0 Å². The molecule has 0 atom stereocenters. The molecule has 27 heavy (non-hydrogen) atoms. The molecule has 1 heterocycles. The van der Waals surface area contributed by atoms with E-state index in [1.807, 2.05) is 20.0 Å². The minimum Gasteiger partial charge on any atom is -0.406 e. The van der Waals surface area contributed by atoms with Gasteiger partial charge in [0, 0.05) is 17.5 Å². The van der Waals surface area contributed by atoms with Gasteiger partial charge in [-0.15, -0.1) is 24.5 Å². The molecule has 0 aliphatic carbocycles. The van der Waals surface area contributed by atoms with Crippen LogP contribution in [0.4, 0.5) is 23.9 Å². The van der Waals surface area contributed by atoms with Gasteiger partial charge in [0.2, 0.25) is 0 Å². The van der Waals surface area contributed by atoms with Crippen molar-refractivity contribution < 1.29 is 22.7 Å². The van der Waals surface area contributed by atoms with Crippen molar-refractivity contribution in [1.82, 2.24) is 0 Å². The second kappa shape index (κ2) is 8.85. The Labute approximate surface area is 159 Å². The average Bonchev–Trinajstić information content (AvgIpc) is 3.03. The van der Waals surface area contributed by atoms with Crippen molar-refractivity contribution in [3.8, 4) is 5.75 Å². The van der Waals surface area contributed by atoms with Crippen molar-refractivity contribution in [2.75, 3.05) is 5.32 Å². The molecule has 0 fully saturated rings. The first-order chi connectivity index (χ1) is 12.7. The Kier molecular flexibility index (Phi) is 6.79. The number of carbonyl (C=O) groups excluding carboxylic acids is 1. The number of carbonyl (C=O) groups is 1. The van der Waals surface area contributed by atoms with Crippen LogP contribution in [0.2, 0.25) is 0 Å². The van der Waals surface area contributed by atoms with E-state index < -0.39 is 6.36 Å². The lowest BCUT2D eigenvalue weighted by Gasteiger charge is -2.08. The molecule has 0 saturated heterocycles. The molecular formula is C19H19F3N2O2S. The summed E-state index contributed by atoms with van der Waals surface area (Å²) < 4.78 is 40.5. The third-order valence-corrected chi connectivity index (χ3v) is 4.62. The summed E-state index contributed by atoms with van der Waals surface area (Å²) in [6.45, 7) is 5.81. The number of alkyl halides is 3. The van der Waals surface area contributed by atoms with E-state index in [-0.39, 0.29) is 5.75 Å². The molecule has 144 valence electrons. The highest BCUT2D eigenvalue weighted by Gasteiger charge is 2.30. The van der Waals surface area contributed by atoms with Crippen molar-refractivity contribution in [3.63, 3.8) is 0 Å². The third-order valence-electron chi connectivity index (χ3n) is 3.63. The molecule has 1 aromatic carbocycles. The maximum absolute atomic E-state index is 12.2. The van der Waals surface area contributed by atoms with Gasteiger partial charge in [0.15, 0.2) is 6.29 Å². The Morgan fingerprint density at radius 3 is 2.48 bits per heavy atom. The summed E-state index contributed by atoms with van der Waals surface area (Å²) in [5.41, 5.74) is 3.02. The summed E-state index contributed by atoms with van der Waals surface area (Å²) in [4.78, 5) is 16.1. The van der Waals surface area contributed by atoms with Crippen LogP contribution in [0.3, 0.4) is 0 Å². The number of aliphatic imine (C=N–C) groups is 1. The van der Waals surface area contributed by atoms with Crippen LogP contribution in [0.5, 0.6) is 5.75 Å². The Morgan fingerprint density at radius 2 is 1.93 bits per heavy atom. The number of anilines is 1. The van der Waals surface area contributed by atoms with Crippen molar-refractivity contribution in [3.05, 3.63) is 52.5 Å². The molecule has 1 N–H and O–H groups in total. The van der Waals surface area contributed by atoms with Crippen LogP contribution in [0.1, 0.15) is 42.4 Å². The minimum atomic E-state index is -4.73. The molecule has 0 bridgehead atoms. The number of rotatable bonds is 7. The Morgan fingerprint density at radius 1 is 1.26 bits per heavy atom. The van der Waals surface area contributed by atoms with Crippen LogP contribution in [0, 0.1) is 0 Å². The number of hydrogen-bond acceptors (Lipinski definition) is 5. The molecule has 1 aromatic heterocycles. The van der Waals surface area contributed by atoms with Crippen molar-refractivity contribution in [1.29, 1.82) is 0 Å². The topological polar surface area (TPSA) is 50.7 Å². The van der Waals surface area contributed by atoms with Crippen LogP contribution in [0.25, 0.3) is 0 Å². The maximum Gasteiger partial charge on any atom is 0.573 e. The lowest BCUT2D eigenvalue weighted by Crippen LogP contribution is -2.16. The van der Waals surface area contributed by atoms with Gasteiger partial charge in [0.25, 0.3) is 0 Å². The second-order valence-corrected chi connectivity index (χ2v) is 6.82. The number of halogens is 3. The van der Waals surface area contributed by atoms with Gasteiger partial charge in [0.05, 0.1) is 10.6 Å². The predicted molar refractivity (Wildman–Crippen MR) is 102 cm³/mol. The van der Waals surface area contributed by atoms with Gasteiger partial charge < -0.3 is 10.1 Å². The normalized spacial score (nSPS) is 12.8. The van der Waals surface area contributed by atoms with Crippen molar-refractivity contribution in [2.24, 2.45) is 4.99 Å². The first-order valence-electron chi connectivity index (χ1n) is 8.14. The maximum atomic E-state index is 12.2. The molecular weight excluding hydrogens is 377 g/mol. The number of allylic oxidation sites excluding steroid dienone is 1. The number of nitrogens with one attached hydrogen (secondary N) is 1. The molecule has 0 radical (unpaired) electrons. The second-order valence-electron chi connectivity index (χ2n) is 5.74. The summed E-state index contributed by atoms with van der Waals surface area (Å²) in [5.74, 6) is -0.305. The number of benzene rings is 1. The van der Waals surface area contributed by atoms with Crippen LogP contribution < -0.4 is 10.1 Å². The molecule has 4 nitrogen and oxygen atoms in total. The van der Waals surface area contributed by atoms with E-state index in [1.54, 1.807) is 13.0 Å². The third kappa shape index (κ3) is 6.25. The Balaban J connectivity index is 2.26. The molecule has 0 saturated carbocycles. The molecule has 8 heteroatoms. The monoisotopic (exact) mass is 396 g/mol. The summed E-state index contributed by atoms with van der Waals surface area (Å²) >= 11 is 1.31. The predicted octanol–water partition coefficient (Wildman–Crippen LogP) is 6.33.